The van der Waals surface area contributed by atoms with Crippen molar-refractivity contribution in [3.05, 3.63) is 53.2 Å². The maximum absolute atomic E-state index is 11.7. The monoisotopic (exact) mass is 418 g/mol. The van der Waals surface area contributed by atoms with E-state index >= 15 is 0 Å². The molecule has 2 N–H and O–H groups in total. The Morgan fingerprint density at radius 1 is 1.29 bits per heavy atom. The first-order valence-corrected chi connectivity index (χ1v) is 10.1. The third-order valence-corrected chi connectivity index (χ3v) is 5.04. The van der Waals surface area contributed by atoms with Gasteiger partial charge in [-0.05, 0) is 68.4 Å². The number of carbonyl (C=O) groups is 1. The van der Waals surface area contributed by atoms with Gasteiger partial charge >= 0.3 is 5.97 Å². The Labute approximate surface area is 175 Å². The van der Waals surface area contributed by atoms with Gasteiger partial charge in [0.25, 0.3) is 0 Å². The van der Waals surface area contributed by atoms with E-state index in [4.69, 9.17) is 28.6 Å². The molecule has 1 aromatic heterocycles. The molecule has 0 atom stereocenters. The van der Waals surface area contributed by atoms with Crippen molar-refractivity contribution in [1.29, 1.82) is 0 Å². The summed E-state index contributed by atoms with van der Waals surface area (Å²) in [5, 5.41) is 7.77. The van der Waals surface area contributed by atoms with Gasteiger partial charge in [-0.2, -0.15) is 0 Å². The summed E-state index contributed by atoms with van der Waals surface area (Å²) in [4.78, 5) is 18.3. The summed E-state index contributed by atoms with van der Waals surface area (Å²) >= 11 is 11.7. The summed E-state index contributed by atoms with van der Waals surface area (Å²) in [6, 6.07) is 11.1. The average molecular weight is 419 g/mol. The van der Waals surface area contributed by atoms with E-state index in [9.17, 15) is 4.79 Å². The second kappa shape index (κ2) is 9.71. The molecule has 2 aromatic rings. The number of anilines is 2. The molecule has 2 heterocycles. The van der Waals surface area contributed by atoms with Gasteiger partial charge < -0.3 is 20.3 Å². The maximum Gasteiger partial charge on any atom is 0.338 e. The zero-order valence-electron chi connectivity index (χ0n) is 15.7. The van der Waals surface area contributed by atoms with Crippen LogP contribution in [0.1, 0.15) is 30.1 Å². The Morgan fingerprint density at radius 3 is 2.64 bits per heavy atom. The number of esters is 1. The van der Waals surface area contributed by atoms with E-state index in [0.717, 1.165) is 37.4 Å². The van der Waals surface area contributed by atoms with Crippen LogP contribution in [0.25, 0.3) is 0 Å². The first-order chi connectivity index (χ1) is 13.6. The lowest BCUT2D eigenvalue weighted by molar-refractivity contribution is 0.0526. The van der Waals surface area contributed by atoms with Crippen LogP contribution in [0.4, 0.5) is 11.5 Å². The molecule has 1 aliphatic rings. The van der Waals surface area contributed by atoms with Crippen molar-refractivity contribution in [2.75, 3.05) is 29.9 Å². The standard InChI is InChI=1S/C20H23ClN4O2S/c1-2-27-19(26)14-5-7-15(8-6-14)23-20(28)24-16-9-12-25(13-10-16)18-17(21)4-3-11-22-18/h3-8,11,16H,2,9-10,12-13H2,1H3,(H2,23,24,28). The molecule has 1 fully saturated rings. The predicted octanol–water partition coefficient (Wildman–Crippen LogP) is 3.87. The molecular formula is C20H23ClN4O2S. The number of hydrogen-bond donors (Lipinski definition) is 2. The number of hydrogen-bond acceptors (Lipinski definition) is 5. The van der Waals surface area contributed by atoms with E-state index in [1.54, 1.807) is 25.3 Å². The maximum atomic E-state index is 11.7. The van der Waals surface area contributed by atoms with Crippen molar-refractivity contribution in [1.82, 2.24) is 10.3 Å². The van der Waals surface area contributed by atoms with Gasteiger partial charge in [0, 0.05) is 31.0 Å². The highest BCUT2D eigenvalue weighted by Crippen LogP contribution is 2.25. The number of benzene rings is 1. The number of aromatic nitrogens is 1. The Morgan fingerprint density at radius 2 is 2.00 bits per heavy atom. The normalized spacial score (nSPS) is 14.4. The van der Waals surface area contributed by atoms with Crippen molar-refractivity contribution >= 4 is 46.4 Å². The fourth-order valence-corrected chi connectivity index (χ4v) is 3.63. The molecule has 28 heavy (non-hydrogen) atoms. The van der Waals surface area contributed by atoms with Crippen molar-refractivity contribution in [2.45, 2.75) is 25.8 Å². The highest BCUT2D eigenvalue weighted by atomic mass is 35.5. The molecule has 1 aliphatic heterocycles. The van der Waals surface area contributed by atoms with E-state index in [0.29, 0.717) is 22.3 Å². The van der Waals surface area contributed by atoms with Crippen LogP contribution in [0, 0.1) is 0 Å². The summed E-state index contributed by atoms with van der Waals surface area (Å²) in [5.74, 6) is 0.513. The van der Waals surface area contributed by atoms with E-state index in [1.807, 2.05) is 24.3 Å². The van der Waals surface area contributed by atoms with Crippen LogP contribution in [0.15, 0.2) is 42.6 Å². The Balaban J connectivity index is 1.47. The molecule has 0 unspecified atom stereocenters. The van der Waals surface area contributed by atoms with E-state index < -0.39 is 0 Å². The van der Waals surface area contributed by atoms with Gasteiger partial charge in [0.1, 0.15) is 5.82 Å². The van der Waals surface area contributed by atoms with Gasteiger partial charge in [-0.3, -0.25) is 0 Å². The summed E-state index contributed by atoms with van der Waals surface area (Å²) in [6.45, 7) is 3.88. The quantitative estimate of drug-likeness (QED) is 0.564. The number of nitrogens with zero attached hydrogens (tertiary/aromatic N) is 2. The topological polar surface area (TPSA) is 66.5 Å². The SMILES string of the molecule is CCOC(=O)c1ccc(NC(=S)NC2CCN(c3ncccc3Cl)CC2)cc1. The summed E-state index contributed by atoms with van der Waals surface area (Å²) in [7, 11) is 0. The van der Waals surface area contributed by atoms with Gasteiger partial charge in [0.15, 0.2) is 5.11 Å². The smallest absolute Gasteiger partial charge is 0.338 e. The second-order valence-corrected chi connectivity index (χ2v) is 7.28. The van der Waals surface area contributed by atoms with Crippen molar-refractivity contribution in [3.63, 3.8) is 0 Å². The number of thiocarbonyl (C=S) groups is 1. The van der Waals surface area contributed by atoms with E-state index in [-0.39, 0.29) is 12.0 Å². The van der Waals surface area contributed by atoms with Crippen LogP contribution in [-0.4, -0.2) is 41.8 Å². The average Bonchev–Trinajstić information content (AvgIpc) is 2.70. The molecular weight excluding hydrogens is 396 g/mol. The van der Waals surface area contributed by atoms with Crippen LogP contribution in [0.3, 0.4) is 0 Å². The van der Waals surface area contributed by atoms with Crippen LogP contribution in [-0.2, 0) is 4.74 Å². The Kier molecular flexibility index (Phi) is 7.06. The zero-order valence-corrected chi connectivity index (χ0v) is 17.2. The highest BCUT2D eigenvalue weighted by molar-refractivity contribution is 7.80. The molecule has 0 bridgehead atoms. The lowest BCUT2D eigenvalue weighted by Crippen LogP contribution is -2.46. The van der Waals surface area contributed by atoms with E-state index in [1.165, 1.54) is 0 Å². The second-order valence-electron chi connectivity index (χ2n) is 6.47. The van der Waals surface area contributed by atoms with Gasteiger partial charge in [-0.1, -0.05) is 11.6 Å². The summed E-state index contributed by atoms with van der Waals surface area (Å²) < 4.78 is 4.98. The van der Waals surface area contributed by atoms with Gasteiger partial charge in [0.2, 0.25) is 0 Å². The van der Waals surface area contributed by atoms with E-state index in [2.05, 4.69) is 20.5 Å². The molecule has 3 rings (SSSR count). The number of nitrogens with one attached hydrogen (secondary N) is 2. The summed E-state index contributed by atoms with van der Waals surface area (Å²) in [6.07, 6.45) is 3.64. The van der Waals surface area contributed by atoms with Crippen LogP contribution in [0.5, 0.6) is 0 Å². The lowest BCUT2D eigenvalue weighted by atomic mass is 10.1. The Bertz CT molecular complexity index is 823. The molecule has 0 saturated carbocycles. The molecule has 0 radical (unpaired) electrons. The number of carbonyl (C=O) groups excluding carboxylic acids is 1. The minimum Gasteiger partial charge on any atom is -0.462 e. The van der Waals surface area contributed by atoms with Crippen molar-refractivity contribution in [3.8, 4) is 0 Å². The number of ether oxygens (including phenoxy) is 1. The fraction of sp³-hybridized carbons (Fsp3) is 0.350. The minimum absolute atomic E-state index is 0.289. The van der Waals surface area contributed by atoms with Crippen LogP contribution in [0.2, 0.25) is 5.02 Å². The molecule has 148 valence electrons. The van der Waals surface area contributed by atoms with Gasteiger partial charge in [0.05, 0.1) is 17.2 Å². The molecule has 0 amide bonds. The van der Waals surface area contributed by atoms with Crippen molar-refractivity contribution < 1.29 is 9.53 Å². The van der Waals surface area contributed by atoms with Crippen LogP contribution >= 0.6 is 23.8 Å². The fourth-order valence-electron chi connectivity index (χ4n) is 3.10. The predicted molar refractivity (Wildman–Crippen MR) is 116 cm³/mol. The molecule has 1 aromatic carbocycles. The number of piperidine rings is 1. The number of halogens is 1. The largest absolute Gasteiger partial charge is 0.462 e. The molecule has 1 saturated heterocycles. The molecule has 0 aliphatic carbocycles. The molecule has 8 heteroatoms. The molecule has 0 spiro atoms. The number of rotatable bonds is 5. The first-order valence-electron chi connectivity index (χ1n) is 9.27. The molecule has 6 nitrogen and oxygen atoms in total. The van der Waals surface area contributed by atoms with Gasteiger partial charge in [-0.25, -0.2) is 9.78 Å². The highest BCUT2D eigenvalue weighted by Gasteiger charge is 2.22. The minimum atomic E-state index is -0.325. The number of pyridine rings is 1. The first kappa shape index (κ1) is 20.4. The van der Waals surface area contributed by atoms with Crippen molar-refractivity contribution in [2.24, 2.45) is 0 Å². The van der Waals surface area contributed by atoms with Crippen LogP contribution < -0.4 is 15.5 Å². The zero-order chi connectivity index (χ0) is 19.9. The third kappa shape index (κ3) is 5.33. The van der Waals surface area contributed by atoms with Gasteiger partial charge in [-0.15, -0.1) is 0 Å². The summed E-state index contributed by atoms with van der Waals surface area (Å²) in [5.41, 5.74) is 1.34. The lowest BCUT2D eigenvalue weighted by Gasteiger charge is -2.34. The Hall–Kier alpha value is -2.38. The third-order valence-electron chi connectivity index (χ3n) is 4.52.